The van der Waals surface area contributed by atoms with Crippen LogP contribution >= 0.6 is 0 Å². The second kappa shape index (κ2) is 7.28. The maximum Gasteiger partial charge on any atom is 0.315 e. The third kappa shape index (κ3) is 4.84. The molecule has 0 unspecified atom stereocenters. The monoisotopic (exact) mass is 333 g/mol. The maximum absolute atomic E-state index is 12.2. The third-order valence-electron chi connectivity index (χ3n) is 3.88. The number of piperidine rings is 1. The number of hydrogen-bond acceptors (Lipinski definition) is 4. The second-order valence-electron chi connectivity index (χ2n) is 5.84. The van der Waals surface area contributed by atoms with Gasteiger partial charge in [0.1, 0.15) is 0 Å². The molecule has 1 atom stereocenters. The fourth-order valence-corrected chi connectivity index (χ4v) is 4.47. The zero-order valence-corrected chi connectivity index (χ0v) is 13.3. The van der Waals surface area contributed by atoms with Crippen LogP contribution in [0.1, 0.15) is 38.5 Å². The minimum Gasteiger partial charge on any atom is -0.481 e. The van der Waals surface area contributed by atoms with E-state index in [4.69, 9.17) is 5.11 Å². The first kappa shape index (κ1) is 17.0. The lowest BCUT2D eigenvalue weighted by Crippen LogP contribution is -2.52. The molecule has 8 nitrogen and oxygen atoms in total. The predicted molar refractivity (Wildman–Crippen MR) is 79.9 cm³/mol. The summed E-state index contributed by atoms with van der Waals surface area (Å²) in [4.78, 5) is 22.1. The smallest absolute Gasteiger partial charge is 0.315 e. The first-order valence-electron chi connectivity index (χ1n) is 7.64. The summed E-state index contributed by atoms with van der Waals surface area (Å²) in [5, 5.41) is 13.6. The van der Waals surface area contributed by atoms with Gasteiger partial charge in [-0.2, -0.15) is 4.31 Å². The summed E-state index contributed by atoms with van der Waals surface area (Å²) in [6.45, 7) is 1.13. The number of hydrogen-bond donors (Lipinski definition) is 3. The molecule has 3 N–H and O–H groups in total. The van der Waals surface area contributed by atoms with Crippen LogP contribution < -0.4 is 10.6 Å². The lowest BCUT2D eigenvalue weighted by Gasteiger charge is -2.32. The summed E-state index contributed by atoms with van der Waals surface area (Å²) in [6.07, 6.45) is 3.34. The lowest BCUT2D eigenvalue weighted by molar-refractivity contribution is -0.137. The Bertz CT molecular complexity index is 518. The van der Waals surface area contributed by atoms with Crippen molar-refractivity contribution in [2.75, 3.05) is 19.6 Å². The minimum atomic E-state index is -3.19. The molecule has 0 bridgehead atoms. The number of rotatable bonds is 7. The zero-order chi connectivity index (χ0) is 16.2. The molecule has 2 fully saturated rings. The van der Waals surface area contributed by atoms with Gasteiger partial charge in [-0.25, -0.2) is 13.2 Å². The molecule has 0 radical (unpaired) electrons. The van der Waals surface area contributed by atoms with Crippen LogP contribution in [0.15, 0.2) is 0 Å². The zero-order valence-electron chi connectivity index (χ0n) is 12.5. The lowest BCUT2D eigenvalue weighted by atomic mass is 10.1. The van der Waals surface area contributed by atoms with Crippen LogP contribution in [0.5, 0.6) is 0 Å². The highest BCUT2D eigenvalue weighted by molar-refractivity contribution is 7.90. The molecule has 0 spiro atoms. The van der Waals surface area contributed by atoms with E-state index in [1.165, 1.54) is 4.31 Å². The average molecular weight is 333 g/mol. The van der Waals surface area contributed by atoms with Gasteiger partial charge in [-0.15, -0.1) is 0 Å². The van der Waals surface area contributed by atoms with Crippen LogP contribution in [0, 0.1) is 0 Å². The summed E-state index contributed by atoms with van der Waals surface area (Å²) in [6, 6.07) is -0.567. The Morgan fingerprint density at radius 2 is 1.95 bits per heavy atom. The molecular weight excluding hydrogens is 310 g/mol. The van der Waals surface area contributed by atoms with Crippen molar-refractivity contribution in [1.82, 2.24) is 14.9 Å². The molecule has 1 saturated carbocycles. The van der Waals surface area contributed by atoms with Gasteiger partial charge < -0.3 is 15.7 Å². The molecule has 2 rings (SSSR count). The molecule has 0 aromatic heterocycles. The average Bonchev–Trinajstić information content (AvgIpc) is 3.28. The quantitative estimate of drug-likeness (QED) is 0.572. The molecule has 1 saturated heterocycles. The Labute approximate surface area is 130 Å². The number of urea groups is 1. The van der Waals surface area contributed by atoms with Gasteiger partial charge >= 0.3 is 12.0 Å². The Morgan fingerprint density at radius 3 is 2.59 bits per heavy atom. The number of carboxylic acids is 1. The van der Waals surface area contributed by atoms with Crippen molar-refractivity contribution in [3.63, 3.8) is 0 Å². The number of nitrogens with one attached hydrogen (secondary N) is 2. The predicted octanol–water partition coefficient (Wildman–Crippen LogP) is 0.107. The maximum atomic E-state index is 12.2. The van der Waals surface area contributed by atoms with Crippen LogP contribution in [0.4, 0.5) is 4.79 Å². The molecule has 0 aromatic carbocycles. The van der Waals surface area contributed by atoms with Gasteiger partial charge in [0, 0.05) is 32.1 Å². The molecule has 2 aliphatic rings. The van der Waals surface area contributed by atoms with E-state index in [9.17, 15) is 18.0 Å². The Morgan fingerprint density at radius 1 is 1.23 bits per heavy atom. The van der Waals surface area contributed by atoms with Crippen LogP contribution in [-0.4, -0.2) is 60.8 Å². The fraction of sp³-hybridized carbons (Fsp3) is 0.846. The van der Waals surface area contributed by atoms with Crippen molar-refractivity contribution in [3.8, 4) is 0 Å². The van der Waals surface area contributed by atoms with Crippen molar-refractivity contribution >= 4 is 22.0 Å². The molecule has 9 heteroatoms. The first-order valence-corrected chi connectivity index (χ1v) is 9.15. The van der Waals surface area contributed by atoms with Crippen molar-refractivity contribution in [2.45, 2.75) is 49.8 Å². The van der Waals surface area contributed by atoms with E-state index < -0.39 is 16.0 Å². The standard InChI is InChI=1S/C13H23N3O5S/c17-12(18)4-1-7-14-13(19)15-10-3-2-8-16(9-10)22(20,21)11-5-6-11/h10-11H,1-9H2,(H,17,18)(H2,14,15,19)/t10-/m1/s1. The number of amides is 2. The van der Waals surface area contributed by atoms with E-state index in [-0.39, 0.29) is 30.3 Å². The molecule has 1 heterocycles. The van der Waals surface area contributed by atoms with E-state index in [1.807, 2.05) is 0 Å². The largest absolute Gasteiger partial charge is 0.481 e. The van der Waals surface area contributed by atoms with E-state index in [1.54, 1.807) is 0 Å². The number of carbonyl (C=O) groups is 2. The SMILES string of the molecule is O=C(O)CCCNC(=O)N[C@@H]1CCCN(S(=O)(=O)C2CC2)C1. The second-order valence-corrected chi connectivity index (χ2v) is 8.05. The van der Waals surface area contributed by atoms with Gasteiger partial charge in [-0.1, -0.05) is 0 Å². The van der Waals surface area contributed by atoms with Gasteiger partial charge in [0.15, 0.2) is 0 Å². The molecule has 2 amide bonds. The van der Waals surface area contributed by atoms with Crippen LogP contribution in [-0.2, 0) is 14.8 Å². The van der Waals surface area contributed by atoms with Gasteiger partial charge in [-0.05, 0) is 32.1 Å². The van der Waals surface area contributed by atoms with E-state index in [0.717, 1.165) is 25.7 Å². The Kier molecular flexibility index (Phi) is 5.63. The molecule has 0 aromatic rings. The van der Waals surface area contributed by atoms with Gasteiger partial charge in [0.05, 0.1) is 5.25 Å². The molecule has 22 heavy (non-hydrogen) atoms. The summed E-state index contributed by atoms with van der Waals surface area (Å²) < 4.78 is 25.9. The molecule has 1 aliphatic carbocycles. The number of aliphatic carboxylic acids is 1. The molecular formula is C13H23N3O5S. The van der Waals surface area contributed by atoms with Gasteiger partial charge in [-0.3, -0.25) is 4.79 Å². The van der Waals surface area contributed by atoms with Crippen LogP contribution in [0.3, 0.4) is 0 Å². The van der Waals surface area contributed by atoms with Crippen LogP contribution in [0.25, 0.3) is 0 Å². The van der Waals surface area contributed by atoms with Crippen LogP contribution in [0.2, 0.25) is 0 Å². The van der Waals surface area contributed by atoms with Crippen molar-refractivity contribution < 1.29 is 23.1 Å². The molecule has 126 valence electrons. The number of nitrogens with zero attached hydrogens (tertiary/aromatic N) is 1. The third-order valence-corrected chi connectivity index (χ3v) is 6.24. The van der Waals surface area contributed by atoms with Gasteiger partial charge in [0.25, 0.3) is 0 Å². The molecule has 1 aliphatic heterocycles. The first-order chi connectivity index (χ1) is 10.4. The summed E-state index contributed by atoms with van der Waals surface area (Å²) in [7, 11) is -3.19. The topological polar surface area (TPSA) is 116 Å². The van der Waals surface area contributed by atoms with Gasteiger partial charge in [0.2, 0.25) is 10.0 Å². The highest BCUT2D eigenvalue weighted by atomic mass is 32.2. The van der Waals surface area contributed by atoms with E-state index in [2.05, 4.69) is 10.6 Å². The minimum absolute atomic E-state index is 0.0110. The number of sulfonamides is 1. The summed E-state index contributed by atoms with van der Waals surface area (Å²) in [5.41, 5.74) is 0. The normalized spacial score (nSPS) is 23.0. The van der Waals surface area contributed by atoms with E-state index >= 15 is 0 Å². The fourth-order valence-electron chi connectivity index (χ4n) is 2.55. The number of carboxylic acid groups (broad SMARTS) is 1. The van der Waals surface area contributed by atoms with Crippen molar-refractivity contribution in [1.29, 1.82) is 0 Å². The van der Waals surface area contributed by atoms with E-state index in [0.29, 0.717) is 19.5 Å². The Balaban J connectivity index is 1.73. The summed E-state index contributed by atoms with van der Waals surface area (Å²) >= 11 is 0. The highest BCUT2D eigenvalue weighted by Gasteiger charge is 2.41. The highest BCUT2D eigenvalue weighted by Crippen LogP contribution is 2.32. The van der Waals surface area contributed by atoms with Crippen molar-refractivity contribution in [3.05, 3.63) is 0 Å². The number of carbonyl (C=O) groups excluding carboxylic acids is 1. The van der Waals surface area contributed by atoms with Crippen molar-refractivity contribution in [2.24, 2.45) is 0 Å². The Hall–Kier alpha value is -1.35. The summed E-state index contributed by atoms with van der Waals surface area (Å²) in [5.74, 6) is -0.893.